The Labute approximate surface area is 121 Å². The molecule has 0 saturated carbocycles. The Kier molecular flexibility index (Phi) is 3.36. The molecule has 2 aromatic carbocycles. The van der Waals surface area contributed by atoms with E-state index in [0.29, 0.717) is 16.8 Å². The lowest BCUT2D eigenvalue weighted by atomic mass is 10.0. The van der Waals surface area contributed by atoms with Crippen molar-refractivity contribution in [2.45, 2.75) is 6.42 Å². The lowest BCUT2D eigenvalue weighted by molar-refractivity contribution is 0.0987. The molecule has 0 atom stereocenters. The minimum absolute atomic E-state index is 0.0303. The van der Waals surface area contributed by atoms with E-state index in [-0.39, 0.29) is 23.7 Å². The maximum Gasteiger partial charge on any atom is 0.185 e. The number of carbonyl (C=O) groups is 1. The number of Topliss-reactive ketones (excluding diaryl/α,β-unsaturated/α-hetero) is 1. The van der Waals surface area contributed by atoms with Gasteiger partial charge in [-0.05, 0) is 23.8 Å². The molecule has 2 N–H and O–H groups in total. The molecule has 0 radical (unpaired) electrons. The number of nitrogen functional groups attached to an aromatic ring is 1. The fourth-order valence-corrected chi connectivity index (χ4v) is 2.25. The van der Waals surface area contributed by atoms with Crippen molar-refractivity contribution in [1.82, 2.24) is 4.98 Å². The summed E-state index contributed by atoms with van der Waals surface area (Å²) < 4.78 is 13.6. The average Bonchev–Trinajstić information content (AvgIpc) is 2.49. The molecule has 0 bridgehead atoms. The number of aromatic nitrogens is 1. The number of anilines is 1. The molecule has 0 unspecified atom stereocenters. The second-order valence-corrected chi connectivity index (χ2v) is 4.81. The minimum atomic E-state index is -0.389. The van der Waals surface area contributed by atoms with Crippen LogP contribution in [0.25, 0.3) is 10.9 Å². The van der Waals surface area contributed by atoms with Gasteiger partial charge < -0.3 is 5.73 Å². The van der Waals surface area contributed by atoms with Crippen molar-refractivity contribution in [3.63, 3.8) is 0 Å². The summed E-state index contributed by atoms with van der Waals surface area (Å²) in [5.41, 5.74) is 7.73. The number of nitrogens with zero attached hydrogens (tertiary/aromatic N) is 1. The third kappa shape index (κ3) is 2.60. The van der Waals surface area contributed by atoms with E-state index >= 15 is 0 Å². The van der Waals surface area contributed by atoms with Crippen LogP contribution < -0.4 is 5.73 Å². The number of fused-ring (bicyclic) bond motifs is 1. The Balaban J connectivity index is 1.97. The van der Waals surface area contributed by atoms with Crippen LogP contribution in [0.2, 0.25) is 0 Å². The summed E-state index contributed by atoms with van der Waals surface area (Å²) in [5, 5.41) is 0.806. The molecule has 3 aromatic rings. The van der Waals surface area contributed by atoms with E-state index in [1.807, 2.05) is 18.2 Å². The molecule has 104 valence electrons. The lowest BCUT2D eigenvalue weighted by Gasteiger charge is -2.06. The summed E-state index contributed by atoms with van der Waals surface area (Å²) in [6.45, 7) is 0. The first-order valence-corrected chi connectivity index (χ1v) is 6.57. The van der Waals surface area contributed by atoms with Crippen molar-refractivity contribution in [2.75, 3.05) is 5.73 Å². The lowest BCUT2D eigenvalue weighted by Crippen LogP contribution is -2.08. The number of nitrogens with two attached hydrogens (primary N) is 1. The highest BCUT2D eigenvalue weighted by Crippen LogP contribution is 2.21. The number of rotatable bonds is 3. The van der Waals surface area contributed by atoms with Gasteiger partial charge in [-0.15, -0.1) is 0 Å². The van der Waals surface area contributed by atoms with E-state index < -0.39 is 0 Å². The fourth-order valence-electron chi connectivity index (χ4n) is 2.25. The Bertz CT molecular complexity index is 830. The number of pyridine rings is 1. The van der Waals surface area contributed by atoms with Gasteiger partial charge in [-0.1, -0.05) is 36.4 Å². The van der Waals surface area contributed by atoms with Crippen molar-refractivity contribution in [3.8, 4) is 0 Å². The highest BCUT2D eigenvalue weighted by atomic mass is 19.1. The molecule has 1 heterocycles. The van der Waals surface area contributed by atoms with Crippen LogP contribution in [0, 0.1) is 5.82 Å². The summed E-state index contributed by atoms with van der Waals surface area (Å²) in [5.74, 6) is -0.642. The Morgan fingerprint density at radius 3 is 2.62 bits per heavy atom. The molecule has 0 aliphatic carbocycles. The molecule has 0 aliphatic heterocycles. The normalized spacial score (nSPS) is 10.7. The number of ketones is 1. The smallest absolute Gasteiger partial charge is 0.185 e. The molecule has 4 heteroatoms. The zero-order chi connectivity index (χ0) is 14.8. The van der Waals surface area contributed by atoms with Crippen LogP contribution in [0.1, 0.15) is 16.1 Å². The topological polar surface area (TPSA) is 56.0 Å². The number of hydrogen-bond acceptors (Lipinski definition) is 3. The Morgan fingerprint density at radius 1 is 1.10 bits per heavy atom. The molecule has 0 fully saturated rings. The molecule has 3 nitrogen and oxygen atoms in total. The zero-order valence-corrected chi connectivity index (χ0v) is 11.2. The van der Waals surface area contributed by atoms with E-state index in [9.17, 15) is 9.18 Å². The zero-order valence-electron chi connectivity index (χ0n) is 11.2. The minimum Gasteiger partial charge on any atom is -0.398 e. The third-order valence-corrected chi connectivity index (χ3v) is 3.34. The molecule has 21 heavy (non-hydrogen) atoms. The van der Waals surface area contributed by atoms with Gasteiger partial charge in [0, 0.05) is 17.5 Å². The molecule has 3 rings (SSSR count). The van der Waals surface area contributed by atoms with Crippen molar-refractivity contribution in [2.24, 2.45) is 0 Å². The summed E-state index contributed by atoms with van der Waals surface area (Å²) >= 11 is 0. The largest absolute Gasteiger partial charge is 0.398 e. The molecule has 0 saturated heterocycles. The maximum atomic E-state index is 13.6. The SMILES string of the molecule is Nc1cc(C(=O)Cc2ccccc2F)nc2ccccc12. The van der Waals surface area contributed by atoms with E-state index in [4.69, 9.17) is 5.73 Å². The van der Waals surface area contributed by atoms with Gasteiger partial charge in [0.05, 0.1) is 5.52 Å². The summed E-state index contributed by atoms with van der Waals surface area (Å²) in [4.78, 5) is 16.6. The van der Waals surface area contributed by atoms with Crippen LogP contribution in [-0.4, -0.2) is 10.8 Å². The summed E-state index contributed by atoms with van der Waals surface area (Å²) in [6, 6.07) is 15.1. The van der Waals surface area contributed by atoms with Gasteiger partial charge in [0.2, 0.25) is 0 Å². The predicted molar refractivity (Wildman–Crippen MR) is 80.6 cm³/mol. The third-order valence-electron chi connectivity index (χ3n) is 3.34. The fraction of sp³-hybridized carbons (Fsp3) is 0.0588. The summed E-state index contributed by atoms with van der Waals surface area (Å²) in [7, 11) is 0. The van der Waals surface area contributed by atoms with Gasteiger partial charge in [-0.2, -0.15) is 0 Å². The molecular formula is C17H13FN2O. The van der Waals surface area contributed by atoms with Crippen molar-refractivity contribution in [1.29, 1.82) is 0 Å². The van der Waals surface area contributed by atoms with Crippen LogP contribution in [0.5, 0.6) is 0 Å². The number of benzene rings is 2. The van der Waals surface area contributed by atoms with E-state index in [2.05, 4.69) is 4.98 Å². The van der Waals surface area contributed by atoms with Crippen LogP contribution in [-0.2, 0) is 6.42 Å². The molecule has 0 spiro atoms. The first kappa shape index (κ1) is 13.2. The van der Waals surface area contributed by atoms with E-state index in [0.717, 1.165) is 5.39 Å². The molecule has 0 aliphatic rings. The maximum absolute atomic E-state index is 13.6. The average molecular weight is 280 g/mol. The monoisotopic (exact) mass is 280 g/mol. The molecule has 0 amide bonds. The standard InChI is InChI=1S/C17H13FN2O/c18-13-7-3-1-5-11(13)9-17(21)16-10-14(19)12-6-2-4-8-15(12)20-16/h1-8,10H,9H2,(H2,19,20). The van der Waals surface area contributed by atoms with E-state index in [1.54, 1.807) is 30.3 Å². The van der Waals surface area contributed by atoms with Crippen LogP contribution in [0.3, 0.4) is 0 Å². The van der Waals surface area contributed by atoms with Gasteiger partial charge in [0.25, 0.3) is 0 Å². The van der Waals surface area contributed by atoms with Gasteiger partial charge in [0.15, 0.2) is 5.78 Å². The van der Waals surface area contributed by atoms with Gasteiger partial charge in [-0.25, -0.2) is 9.37 Å². The Morgan fingerprint density at radius 2 is 1.81 bits per heavy atom. The second kappa shape index (κ2) is 5.32. The van der Waals surface area contributed by atoms with Crippen molar-refractivity contribution in [3.05, 3.63) is 71.7 Å². The van der Waals surface area contributed by atoms with Gasteiger partial charge >= 0.3 is 0 Å². The highest BCUT2D eigenvalue weighted by molar-refractivity contribution is 6.01. The highest BCUT2D eigenvalue weighted by Gasteiger charge is 2.13. The van der Waals surface area contributed by atoms with Crippen LogP contribution in [0.4, 0.5) is 10.1 Å². The first-order valence-electron chi connectivity index (χ1n) is 6.57. The van der Waals surface area contributed by atoms with Gasteiger partial charge in [0.1, 0.15) is 11.5 Å². The quantitative estimate of drug-likeness (QED) is 0.748. The first-order chi connectivity index (χ1) is 10.1. The second-order valence-electron chi connectivity index (χ2n) is 4.81. The molecular weight excluding hydrogens is 267 g/mol. The van der Waals surface area contributed by atoms with Crippen molar-refractivity contribution < 1.29 is 9.18 Å². The van der Waals surface area contributed by atoms with Gasteiger partial charge in [-0.3, -0.25) is 4.79 Å². The number of hydrogen-bond donors (Lipinski definition) is 1. The number of para-hydroxylation sites is 1. The number of halogens is 1. The van der Waals surface area contributed by atoms with E-state index in [1.165, 1.54) is 6.07 Å². The summed E-state index contributed by atoms with van der Waals surface area (Å²) in [6.07, 6.45) is -0.0303. The van der Waals surface area contributed by atoms with Crippen LogP contribution in [0.15, 0.2) is 54.6 Å². The molecule has 1 aromatic heterocycles. The predicted octanol–water partition coefficient (Wildman–Crippen LogP) is 3.38. The van der Waals surface area contributed by atoms with Crippen LogP contribution >= 0.6 is 0 Å². The van der Waals surface area contributed by atoms with Crippen molar-refractivity contribution >= 4 is 22.4 Å². The number of carbonyl (C=O) groups excluding carboxylic acids is 1. The Hall–Kier alpha value is -2.75.